The normalized spacial score (nSPS) is 12.4. The minimum Gasteiger partial charge on any atom is -0.506 e. The van der Waals surface area contributed by atoms with Gasteiger partial charge in [-0.25, -0.2) is 0 Å². The molecule has 0 aliphatic carbocycles. The SMILES string of the molecule is COCCNS(=O)(=O)Nc1cc(C(C)(C)C)ccc1O. The fraction of sp³-hybridized carbons (Fsp3) is 0.538. The van der Waals surface area contributed by atoms with Crippen molar-refractivity contribution in [3.05, 3.63) is 23.8 Å². The Morgan fingerprint density at radius 3 is 2.50 bits per heavy atom. The van der Waals surface area contributed by atoms with Gasteiger partial charge in [0.05, 0.1) is 12.3 Å². The molecular weight excluding hydrogens is 280 g/mol. The summed E-state index contributed by atoms with van der Waals surface area (Å²) in [5, 5.41) is 9.76. The lowest BCUT2D eigenvalue weighted by atomic mass is 9.87. The van der Waals surface area contributed by atoms with E-state index in [-0.39, 0.29) is 30.0 Å². The van der Waals surface area contributed by atoms with Crippen molar-refractivity contribution >= 4 is 15.9 Å². The molecule has 7 heteroatoms. The second-order valence-electron chi connectivity index (χ2n) is 5.47. The van der Waals surface area contributed by atoms with Crippen molar-refractivity contribution in [1.82, 2.24) is 4.72 Å². The quantitative estimate of drug-likeness (QED) is 0.550. The largest absolute Gasteiger partial charge is 0.506 e. The zero-order valence-corrected chi connectivity index (χ0v) is 13.0. The van der Waals surface area contributed by atoms with Gasteiger partial charge >= 0.3 is 0 Å². The fourth-order valence-electron chi connectivity index (χ4n) is 1.54. The number of methoxy groups -OCH3 is 1. The highest BCUT2D eigenvalue weighted by Gasteiger charge is 2.18. The summed E-state index contributed by atoms with van der Waals surface area (Å²) < 4.78 is 33.0. The molecule has 3 N–H and O–H groups in total. The van der Waals surface area contributed by atoms with Crippen LogP contribution in [-0.4, -0.2) is 33.8 Å². The molecule has 1 aromatic rings. The molecule has 1 rings (SSSR count). The minimum atomic E-state index is -3.73. The van der Waals surface area contributed by atoms with E-state index in [9.17, 15) is 13.5 Å². The van der Waals surface area contributed by atoms with Gasteiger partial charge in [-0.2, -0.15) is 13.1 Å². The molecule has 114 valence electrons. The second kappa shape index (κ2) is 6.43. The number of rotatable bonds is 6. The van der Waals surface area contributed by atoms with Crippen LogP contribution in [0.4, 0.5) is 5.69 Å². The number of hydrogen-bond acceptors (Lipinski definition) is 4. The first kappa shape index (κ1) is 16.7. The molecule has 0 aliphatic rings. The molecular formula is C13H22N2O4S. The number of ether oxygens (including phenoxy) is 1. The number of aromatic hydroxyl groups is 1. The second-order valence-corrected chi connectivity index (χ2v) is 6.97. The summed E-state index contributed by atoms with van der Waals surface area (Å²) in [6, 6.07) is 4.88. The molecule has 0 fully saturated rings. The van der Waals surface area contributed by atoms with E-state index in [0.29, 0.717) is 0 Å². The zero-order chi connectivity index (χ0) is 15.4. The van der Waals surface area contributed by atoms with Crippen LogP contribution in [0.5, 0.6) is 5.75 Å². The van der Waals surface area contributed by atoms with Gasteiger partial charge in [0.25, 0.3) is 10.2 Å². The van der Waals surface area contributed by atoms with Crippen molar-refractivity contribution < 1.29 is 18.3 Å². The van der Waals surface area contributed by atoms with Gasteiger partial charge < -0.3 is 9.84 Å². The number of phenols is 1. The van der Waals surface area contributed by atoms with Gasteiger partial charge in [0.15, 0.2) is 0 Å². The van der Waals surface area contributed by atoms with E-state index in [1.165, 1.54) is 13.2 Å². The number of benzene rings is 1. The lowest BCUT2D eigenvalue weighted by Crippen LogP contribution is -2.32. The third-order valence-corrected chi connectivity index (χ3v) is 3.78. The molecule has 20 heavy (non-hydrogen) atoms. The number of anilines is 1. The Bertz CT molecular complexity index is 550. The van der Waals surface area contributed by atoms with Gasteiger partial charge in [0.1, 0.15) is 5.75 Å². The summed E-state index contributed by atoms with van der Waals surface area (Å²) >= 11 is 0. The van der Waals surface area contributed by atoms with Crippen LogP contribution < -0.4 is 9.44 Å². The maximum absolute atomic E-state index is 11.8. The van der Waals surface area contributed by atoms with Crippen molar-refractivity contribution in [1.29, 1.82) is 0 Å². The highest BCUT2D eigenvalue weighted by atomic mass is 32.2. The van der Waals surface area contributed by atoms with Gasteiger partial charge in [-0.05, 0) is 23.1 Å². The van der Waals surface area contributed by atoms with Crippen molar-refractivity contribution in [2.24, 2.45) is 0 Å². The highest BCUT2D eigenvalue weighted by molar-refractivity contribution is 7.90. The Labute approximate surface area is 120 Å². The predicted octanol–water partition coefficient (Wildman–Crippen LogP) is 1.58. The predicted molar refractivity (Wildman–Crippen MR) is 79.2 cm³/mol. The van der Waals surface area contributed by atoms with Gasteiger partial charge in [-0.15, -0.1) is 0 Å². The summed E-state index contributed by atoms with van der Waals surface area (Å²) in [6.07, 6.45) is 0. The average Bonchev–Trinajstić information content (AvgIpc) is 2.30. The van der Waals surface area contributed by atoms with Crippen LogP contribution in [0.2, 0.25) is 0 Å². The fourth-order valence-corrected chi connectivity index (χ4v) is 2.42. The van der Waals surface area contributed by atoms with Crippen molar-refractivity contribution in [3.63, 3.8) is 0 Å². The lowest BCUT2D eigenvalue weighted by Gasteiger charge is -2.20. The van der Waals surface area contributed by atoms with Gasteiger partial charge in [0, 0.05) is 13.7 Å². The van der Waals surface area contributed by atoms with Crippen LogP contribution in [0, 0.1) is 0 Å². The molecule has 0 amide bonds. The molecule has 0 bridgehead atoms. The maximum Gasteiger partial charge on any atom is 0.299 e. The number of hydrogen-bond donors (Lipinski definition) is 3. The van der Waals surface area contributed by atoms with E-state index >= 15 is 0 Å². The summed E-state index contributed by atoms with van der Waals surface area (Å²) in [4.78, 5) is 0. The Morgan fingerprint density at radius 1 is 1.30 bits per heavy atom. The average molecular weight is 302 g/mol. The molecule has 0 heterocycles. The molecule has 1 aromatic carbocycles. The third-order valence-electron chi connectivity index (χ3n) is 2.71. The van der Waals surface area contributed by atoms with Crippen molar-refractivity contribution in [2.75, 3.05) is 25.0 Å². The van der Waals surface area contributed by atoms with E-state index in [2.05, 4.69) is 9.44 Å². The first-order valence-electron chi connectivity index (χ1n) is 6.25. The molecule has 0 saturated heterocycles. The van der Waals surface area contributed by atoms with Crippen LogP contribution in [0.25, 0.3) is 0 Å². The van der Waals surface area contributed by atoms with Gasteiger partial charge in [-0.3, -0.25) is 4.72 Å². The smallest absolute Gasteiger partial charge is 0.299 e. The van der Waals surface area contributed by atoms with E-state index in [4.69, 9.17) is 4.74 Å². The number of nitrogens with one attached hydrogen (secondary N) is 2. The molecule has 0 saturated carbocycles. The molecule has 0 unspecified atom stereocenters. The molecule has 0 aromatic heterocycles. The van der Waals surface area contributed by atoms with Crippen LogP contribution in [-0.2, 0) is 20.4 Å². The van der Waals surface area contributed by atoms with E-state index < -0.39 is 10.2 Å². The Balaban J connectivity index is 2.91. The first-order valence-corrected chi connectivity index (χ1v) is 7.74. The van der Waals surface area contributed by atoms with Gasteiger partial charge in [-0.1, -0.05) is 26.8 Å². The molecule has 0 radical (unpaired) electrons. The maximum atomic E-state index is 11.8. The summed E-state index contributed by atoms with van der Waals surface area (Å²) in [5.41, 5.74) is 0.935. The van der Waals surface area contributed by atoms with E-state index in [0.717, 1.165) is 5.56 Å². The van der Waals surface area contributed by atoms with Crippen molar-refractivity contribution in [3.8, 4) is 5.75 Å². The van der Waals surface area contributed by atoms with Crippen LogP contribution >= 0.6 is 0 Å². The summed E-state index contributed by atoms with van der Waals surface area (Å²) in [7, 11) is -2.25. The van der Waals surface area contributed by atoms with Crippen LogP contribution in [0.15, 0.2) is 18.2 Å². The third kappa shape index (κ3) is 4.99. The highest BCUT2D eigenvalue weighted by Crippen LogP contribution is 2.31. The van der Waals surface area contributed by atoms with E-state index in [1.54, 1.807) is 12.1 Å². The molecule has 0 aliphatic heterocycles. The Hall–Kier alpha value is -1.31. The van der Waals surface area contributed by atoms with Crippen molar-refractivity contribution in [2.45, 2.75) is 26.2 Å². The Kier molecular flexibility index (Phi) is 5.38. The molecule has 0 spiro atoms. The summed E-state index contributed by atoms with van der Waals surface area (Å²) in [5.74, 6) is -0.116. The van der Waals surface area contributed by atoms with Crippen LogP contribution in [0.3, 0.4) is 0 Å². The summed E-state index contributed by atoms with van der Waals surface area (Å²) in [6.45, 7) is 6.46. The first-order chi connectivity index (χ1) is 9.15. The molecule has 0 atom stereocenters. The van der Waals surface area contributed by atoms with Gasteiger partial charge in [0.2, 0.25) is 0 Å². The minimum absolute atomic E-state index is 0.116. The topological polar surface area (TPSA) is 87.7 Å². The monoisotopic (exact) mass is 302 g/mol. The van der Waals surface area contributed by atoms with Crippen LogP contribution in [0.1, 0.15) is 26.3 Å². The Morgan fingerprint density at radius 2 is 1.95 bits per heavy atom. The standard InChI is InChI=1S/C13H22N2O4S/c1-13(2,3)10-5-6-12(16)11(9-10)15-20(17,18)14-7-8-19-4/h5-6,9,14-16H,7-8H2,1-4H3. The molecule has 6 nitrogen and oxygen atoms in total. The number of phenolic OH excluding ortho intramolecular Hbond substituents is 1. The van der Waals surface area contributed by atoms with E-state index in [1.807, 2.05) is 20.8 Å². The zero-order valence-electron chi connectivity index (χ0n) is 12.2. The lowest BCUT2D eigenvalue weighted by molar-refractivity contribution is 0.204.